The predicted octanol–water partition coefficient (Wildman–Crippen LogP) is 0.597. The second-order valence-electron chi connectivity index (χ2n) is 3.14. The fourth-order valence-corrected chi connectivity index (χ4v) is 1.85. The molecule has 2 N–H and O–H groups in total. The van der Waals surface area contributed by atoms with Gasteiger partial charge in [0.05, 0.1) is 18.0 Å². The molecular weight excluding hydrogens is 176 g/mol. The molecule has 0 spiro atoms. The highest BCUT2D eigenvalue weighted by Crippen LogP contribution is 2.23. The minimum Gasteiger partial charge on any atom is -0.321 e. The highest BCUT2D eigenvalue weighted by molar-refractivity contribution is 6.20. The van der Waals surface area contributed by atoms with Gasteiger partial charge in [0.2, 0.25) is 0 Å². The molecule has 0 amide bonds. The number of nitrogens with two attached hydrogens (primary N) is 1. The van der Waals surface area contributed by atoms with Crippen LogP contribution >= 0.6 is 11.6 Å². The lowest BCUT2D eigenvalue weighted by molar-refractivity contribution is 0.428. The Balaban J connectivity index is 2.40. The third kappa shape index (κ3) is 1.21. The van der Waals surface area contributed by atoms with Gasteiger partial charge in [0.1, 0.15) is 11.6 Å². The molecule has 2 rings (SSSR count). The lowest BCUT2D eigenvalue weighted by Crippen LogP contribution is -2.29. The number of aromatic nitrogens is 3. The van der Waals surface area contributed by atoms with E-state index in [1.807, 2.05) is 6.92 Å². The van der Waals surface area contributed by atoms with Gasteiger partial charge in [-0.3, -0.25) is 0 Å². The molecule has 0 aromatic carbocycles. The molecule has 0 saturated heterocycles. The van der Waals surface area contributed by atoms with Crippen LogP contribution in [0.15, 0.2) is 0 Å². The number of alkyl halides is 1. The summed E-state index contributed by atoms with van der Waals surface area (Å²) in [4.78, 5) is 4.23. The van der Waals surface area contributed by atoms with Gasteiger partial charge in [-0.05, 0) is 13.3 Å². The largest absolute Gasteiger partial charge is 0.321 e. The van der Waals surface area contributed by atoms with Gasteiger partial charge in [-0.1, -0.05) is 0 Å². The van der Waals surface area contributed by atoms with Gasteiger partial charge >= 0.3 is 0 Å². The number of halogens is 1. The minimum absolute atomic E-state index is 0.0533. The summed E-state index contributed by atoms with van der Waals surface area (Å²) in [5, 5.41) is 4.28. The molecule has 1 aliphatic heterocycles. The molecule has 0 fully saturated rings. The van der Waals surface area contributed by atoms with Crippen LogP contribution in [-0.4, -0.2) is 20.1 Å². The summed E-state index contributed by atoms with van der Waals surface area (Å²) in [6.07, 6.45) is 0.791. The first-order valence-electron chi connectivity index (χ1n) is 3.98. The van der Waals surface area contributed by atoms with E-state index in [0.717, 1.165) is 24.6 Å². The average molecular weight is 187 g/mol. The normalized spacial score (nSPS) is 28.6. The quantitative estimate of drug-likeness (QED) is 0.604. The van der Waals surface area contributed by atoms with Crippen LogP contribution in [0.4, 0.5) is 0 Å². The summed E-state index contributed by atoms with van der Waals surface area (Å²) in [5.74, 6) is 1.63. The first-order valence-corrected chi connectivity index (χ1v) is 4.41. The molecule has 0 aliphatic carbocycles. The molecule has 0 bridgehead atoms. The van der Waals surface area contributed by atoms with Crippen molar-refractivity contribution in [2.45, 2.75) is 31.3 Å². The smallest absolute Gasteiger partial charge is 0.147 e. The van der Waals surface area contributed by atoms with Crippen molar-refractivity contribution in [1.29, 1.82) is 0 Å². The van der Waals surface area contributed by atoms with E-state index in [0.29, 0.717) is 0 Å². The number of nitrogens with zero attached hydrogens (tertiary/aromatic N) is 3. The van der Waals surface area contributed by atoms with Gasteiger partial charge in [0, 0.05) is 0 Å². The summed E-state index contributed by atoms with van der Waals surface area (Å²) in [6.45, 7) is 2.59. The standard InChI is InChI=1S/C7H11ClN4/c1-4-10-7-6(9)2-5(8)3-12(7)11-4/h5-6H,2-3,9H2,1H3. The zero-order valence-corrected chi connectivity index (χ0v) is 7.62. The van der Waals surface area contributed by atoms with E-state index in [1.165, 1.54) is 0 Å². The second kappa shape index (κ2) is 2.71. The zero-order chi connectivity index (χ0) is 8.72. The van der Waals surface area contributed by atoms with E-state index in [4.69, 9.17) is 17.3 Å². The van der Waals surface area contributed by atoms with Gasteiger partial charge in [0.25, 0.3) is 0 Å². The summed E-state index contributed by atoms with van der Waals surface area (Å²) in [6, 6.07) is -0.0533. The van der Waals surface area contributed by atoms with E-state index in [1.54, 1.807) is 4.68 Å². The maximum absolute atomic E-state index is 5.98. The molecule has 0 radical (unpaired) electrons. The van der Waals surface area contributed by atoms with Crippen LogP contribution in [0.2, 0.25) is 0 Å². The Labute approximate surface area is 75.7 Å². The Bertz CT molecular complexity index is 296. The molecule has 1 aliphatic rings. The Morgan fingerprint density at radius 3 is 3.17 bits per heavy atom. The van der Waals surface area contributed by atoms with Gasteiger partial charge in [-0.25, -0.2) is 9.67 Å². The highest BCUT2D eigenvalue weighted by atomic mass is 35.5. The summed E-state index contributed by atoms with van der Waals surface area (Å²) >= 11 is 5.98. The van der Waals surface area contributed by atoms with E-state index in [2.05, 4.69) is 10.1 Å². The molecule has 4 nitrogen and oxygen atoms in total. The average Bonchev–Trinajstić information content (AvgIpc) is 2.29. The molecular formula is C7H11ClN4. The molecule has 1 aromatic rings. The molecule has 12 heavy (non-hydrogen) atoms. The maximum atomic E-state index is 5.98. The van der Waals surface area contributed by atoms with Gasteiger partial charge < -0.3 is 5.73 Å². The summed E-state index contributed by atoms with van der Waals surface area (Å²) < 4.78 is 1.81. The highest BCUT2D eigenvalue weighted by Gasteiger charge is 2.25. The van der Waals surface area contributed by atoms with E-state index in [9.17, 15) is 0 Å². The fourth-order valence-electron chi connectivity index (χ4n) is 1.52. The van der Waals surface area contributed by atoms with Crippen LogP contribution in [0.25, 0.3) is 0 Å². The maximum Gasteiger partial charge on any atom is 0.147 e. The fraction of sp³-hybridized carbons (Fsp3) is 0.714. The van der Waals surface area contributed by atoms with Gasteiger partial charge in [-0.15, -0.1) is 11.6 Å². The first-order chi connectivity index (χ1) is 5.66. The lowest BCUT2D eigenvalue weighted by atomic mass is 10.1. The van der Waals surface area contributed by atoms with E-state index < -0.39 is 0 Å². The third-order valence-electron chi connectivity index (χ3n) is 2.02. The van der Waals surface area contributed by atoms with Crippen molar-refractivity contribution in [3.05, 3.63) is 11.6 Å². The van der Waals surface area contributed by atoms with Crippen molar-refractivity contribution in [3.63, 3.8) is 0 Å². The van der Waals surface area contributed by atoms with Crippen LogP contribution in [0.1, 0.15) is 24.1 Å². The van der Waals surface area contributed by atoms with Crippen LogP contribution in [0.5, 0.6) is 0 Å². The number of hydrogen-bond acceptors (Lipinski definition) is 3. The lowest BCUT2D eigenvalue weighted by Gasteiger charge is -2.22. The first kappa shape index (κ1) is 8.01. The molecule has 66 valence electrons. The zero-order valence-electron chi connectivity index (χ0n) is 6.87. The molecule has 2 heterocycles. The Hall–Kier alpha value is -0.610. The van der Waals surface area contributed by atoms with Crippen molar-refractivity contribution in [1.82, 2.24) is 14.8 Å². The van der Waals surface area contributed by atoms with Crippen LogP contribution in [0, 0.1) is 6.92 Å². The van der Waals surface area contributed by atoms with Gasteiger partial charge in [0.15, 0.2) is 0 Å². The summed E-state index contributed by atoms with van der Waals surface area (Å²) in [5.41, 5.74) is 5.84. The van der Waals surface area contributed by atoms with Crippen molar-refractivity contribution < 1.29 is 0 Å². The number of aryl methyl sites for hydroxylation is 1. The number of fused-ring (bicyclic) bond motifs is 1. The molecule has 2 atom stereocenters. The van der Waals surface area contributed by atoms with Crippen LogP contribution < -0.4 is 5.73 Å². The van der Waals surface area contributed by atoms with E-state index >= 15 is 0 Å². The number of rotatable bonds is 0. The second-order valence-corrected chi connectivity index (χ2v) is 3.76. The van der Waals surface area contributed by atoms with Crippen LogP contribution in [0.3, 0.4) is 0 Å². The summed E-state index contributed by atoms with van der Waals surface area (Å²) in [7, 11) is 0. The topological polar surface area (TPSA) is 56.7 Å². The van der Waals surface area contributed by atoms with Crippen molar-refractivity contribution >= 4 is 11.6 Å². The van der Waals surface area contributed by atoms with Gasteiger partial charge in [-0.2, -0.15) is 5.10 Å². The Morgan fingerprint density at radius 1 is 1.67 bits per heavy atom. The number of hydrogen-bond donors (Lipinski definition) is 1. The Kier molecular flexibility index (Phi) is 1.81. The molecule has 2 unspecified atom stereocenters. The van der Waals surface area contributed by atoms with E-state index in [-0.39, 0.29) is 11.4 Å². The molecule has 0 saturated carbocycles. The molecule has 1 aromatic heterocycles. The monoisotopic (exact) mass is 186 g/mol. The Morgan fingerprint density at radius 2 is 2.42 bits per heavy atom. The van der Waals surface area contributed by atoms with Crippen molar-refractivity contribution in [2.24, 2.45) is 5.73 Å². The minimum atomic E-state index is -0.0533. The van der Waals surface area contributed by atoms with Crippen LogP contribution in [-0.2, 0) is 6.54 Å². The third-order valence-corrected chi connectivity index (χ3v) is 2.33. The molecule has 5 heteroatoms. The van der Waals surface area contributed by atoms with Crippen molar-refractivity contribution in [2.75, 3.05) is 0 Å². The predicted molar refractivity (Wildman–Crippen MR) is 45.9 cm³/mol. The SMILES string of the molecule is Cc1nc2n(n1)CC(Cl)CC2N. The van der Waals surface area contributed by atoms with Crippen molar-refractivity contribution in [3.8, 4) is 0 Å².